The third kappa shape index (κ3) is 3.19. The van der Waals surface area contributed by atoms with E-state index in [0.29, 0.717) is 23.2 Å². The summed E-state index contributed by atoms with van der Waals surface area (Å²) in [6.45, 7) is 6.84. The van der Waals surface area contributed by atoms with Gasteiger partial charge < -0.3 is 10.4 Å². The zero-order valence-electron chi connectivity index (χ0n) is 16.3. The molecule has 150 valence electrons. The highest BCUT2D eigenvalue weighted by Gasteiger charge is 2.35. The standard InChI is InChI=1S/C19H23N3O5S/c1-5-22-19(25)14(9-20-22)17(24)13-8-10(2)18-16(11(13)3)15(21-12(4)23)6-7-28(18,26)27/h8-9,15,20H,5-7H2,1-4H3,(H,21,23). The van der Waals surface area contributed by atoms with Crippen molar-refractivity contribution in [2.45, 2.75) is 51.6 Å². The van der Waals surface area contributed by atoms with E-state index in [-0.39, 0.29) is 34.1 Å². The maximum Gasteiger partial charge on any atom is 0.277 e. The molecule has 1 aromatic carbocycles. The molecule has 1 aliphatic heterocycles. The first-order valence-electron chi connectivity index (χ1n) is 9.05. The van der Waals surface area contributed by atoms with Gasteiger partial charge in [0.2, 0.25) is 5.91 Å². The fraction of sp³-hybridized carbons (Fsp3) is 0.421. The van der Waals surface area contributed by atoms with Gasteiger partial charge in [-0.05, 0) is 49.9 Å². The predicted molar refractivity (Wildman–Crippen MR) is 103 cm³/mol. The fourth-order valence-electron chi connectivity index (χ4n) is 3.85. The van der Waals surface area contributed by atoms with Gasteiger partial charge in [0.1, 0.15) is 5.56 Å². The van der Waals surface area contributed by atoms with Crippen LogP contribution in [0.5, 0.6) is 0 Å². The zero-order chi connectivity index (χ0) is 20.8. The number of rotatable bonds is 4. The van der Waals surface area contributed by atoms with Crippen molar-refractivity contribution in [1.29, 1.82) is 0 Å². The number of fused-ring (bicyclic) bond motifs is 1. The molecule has 0 spiro atoms. The van der Waals surface area contributed by atoms with Gasteiger partial charge in [-0.1, -0.05) is 0 Å². The number of benzene rings is 1. The molecule has 8 nitrogen and oxygen atoms in total. The summed E-state index contributed by atoms with van der Waals surface area (Å²) in [6, 6.07) is 1.02. The minimum Gasteiger partial charge on any atom is -0.349 e. The number of hydrogen-bond donors (Lipinski definition) is 2. The summed E-state index contributed by atoms with van der Waals surface area (Å²) >= 11 is 0. The Balaban J connectivity index is 2.24. The van der Waals surface area contributed by atoms with E-state index >= 15 is 0 Å². The molecule has 2 heterocycles. The molecule has 0 fully saturated rings. The number of carbonyl (C=O) groups is 2. The summed E-state index contributed by atoms with van der Waals surface area (Å²) in [5.41, 5.74) is 1.19. The van der Waals surface area contributed by atoms with Gasteiger partial charge >= 0.3 is 0 Å². The number of amides is 1. The smallest absolute Gasteiger partial charge is 0.277 e. The third-order valence-electron chi connectivity index (χ3n) is 5.13. The summed E-state index contributed by atoms with van der Waals surface area (Å²) in [7, 11) is -3.51. The number of ketones is 1. The number of aromatic amines is 1. The Morgan fingerprint density at radius 2 is 1.96 bits per heavy atom. The molecule has 0 saturated carbocycles. The van der Waals surface area contributed by atoms with Crippen molar-refractivity contribution < 1.29 is 18.0 Å². The van der Waals surface area contributed by atoms with Crippen molar-refractivity contribution in [2.24, 2.45) is 0 Å². The minimum absolute atomic E-state index is 0.000885. The maximum absolute atomic E-state index is 13.1. The number of nitrogens with one attached hydrogen (secondary N) is 2. The molecule has 28 heavy (non-hydrogen) atoms. The van der Waals surface area contributed by atoms with E-state index in [1.54, 1.807) is 20.8 Å². The molecule has 1 unspecified atom stereocenters. The van der Waals surface area contributed by atoms with Crippen molar-refractivity contribution in [3.63, 3.8) is 0 Å². The van der Waals surface area contributed by atoms with Crippen molar-refractivity contribution in [3.8, 4) is 0 Å². The van der Waals surface area contributed by atoms with Crippen LogP contribution in [-0.4, -0.2) is 35.6 Å². The number of aryl methyl sites for hydroxylation is 2. The Morgan fingerprint density at radius 1 is 1.29 bits per heavy atom. The van der Waals surface area contributed by atoms with Gasteiger partial charge in [-0.2, -0.15) is 0 Å². The molecule has 0 radical (unpaired) electrons. The zero-order valence-corrected chi connectivity index (χ0v) is 17.1. The van der Waals surface area contributed by atoms with E-state index in [1.165, 1.54) is 23.9 Å². The minimum atomic E-state index is -3.51. The highest BCUT2D eigenvalue weighted by atomic mass is 32.2. The van der Waals surface area contributed by atoms with Crippen molar-refractivity contribution in [3.05, 3.63) is 50.4 Å². The van der Waals surface area contributed by atoms with Crippen molar-refractivity contribution >= 4 is 21.5 Å². The normalized spacial score (nSPS) is 17.8. The van der Waals surface area contributed by atoms with Crippen LogP contribution >= 0.6 is 0 Å². The quantitative estimate of drug-likeness (QED) is 0.746. The van der Waals surface area contributed by atoms with Gasteiger partial charge in [-0.25, -0.2) is 8.42 Å². The topological polar surface area (TPSA) is 118 Å². The first-order valence-corrected chi connectivity index (χ1v) is 10.7. The summed E-state index contributed by atoms with van der Waals surface area (Å²) in [4.78, 5) is 37.2. The average molecular weight is 405 g/mol. The number of nitrogens with zero attached hydrogens (tertiary/aromatic N) is 1. The molecule has 1 amide bonds. The van der Waals surface area contributed by atoms with Gasteiger partial charge in [0.05, 0.1) is 16.7 Å². The Labute approximate surface area is 162 Å². The molecule has 0 saturated heterocycles. The lowest BCUT2D eigenvalue weighted by atomic mass is 9.89. The molecule has 0 bridgehead atoms. The Hall–Kier alpha value is -2.68. The lowest BCUT2D eigenvalue weighted by molar-refractivity contribution is -0.119. The number of carbonyl (C=O) groups excluding carboxylic acids is 2. The second kappa shape index (κ2) is 7.05. The van der Waals surface area contributed by atoms with Crippen LogP contribution in [0.1, 0.15) is 58.9 Å². The van der Waals surface area contributed by atoms with Crippen LogP contribution in [-0.2, 0) is 21.2 Å². The van der Waals surface area contributed by atoms with E-state index in [4.69, 9.17) is 0 Å². The largest absolute Gasteiger partial charge is 0.349 e. The Morgan fingerprint density at radius 3 is 2.54 bits per heavy atom. The van der Waals surface area contributed by atoms with E-state index in [1.807, 2.05) is 0 Å². The molecule has 0 aliphatic carbocycles. The Bertz CT molecular complexity index is 1140. The maximum atomic E-state index is 13.1. The van der Waals surface area contributed by atoms with Crippen molar-refractivity contribution in [2.75, 3.05) is 5.75 Å². The van der Waals surface area contributed by atoms with Gasteiger partial charge in [-0.15, -0.1) is 0 Å². The average Bonchev–Trinajstić information content (AvgIpc) is 2.99. The van der Waals surface area contributed by atoms with Crippen LogP contribution in [0.3, 0.4) is 0 Å². The molecule has 9 heteroatoms. The third-order valence-corrected chi connectivity index (χ3v) is 7.07. The van der Waals surface area contributed by atoms with Gasteiger partial charge in [-0.3, -0.25) is 19.1 Å². The number of aromatic nitrogens is 2. The highest BCUT2D eigenvalue weighted by Crippen LogP contribution is 2.38. The lowest BCUT2D eigenvalue weighted by Gasteiger charge is -2.30. The molecule has 1 atom stereocenters. The number of sulfone groups is 1. The summed E-state index contributed by atoms with van der Waals surface area (Å²) in [5, 5.41) is 5.54. The number of H-pyrrole nitrogens is 1. The van der Waals surface area contributed by atoms with E-state index in [2.05, 4.69) is 10.4 Å². The van der Waals surface area contributed by atoms with Crippen LogP contribution in [0.4, 0.5) is 0 Å². The second-order valence-corrected chi connectivity index (χ2v) is 9.08. The molecule has 1 aromatic heterocycles. The van der Waals surface area contributed by atoms with E-state index < -0.39 is 27.2 Å². The summed E-state index contributed by atoms with van der Waals surface area (Å²) in [6.07, 6.45) is 1.60. The summed E-state index contributed by atoms with van der Waals surface area (Å²) in [5.74, 6) is -0.820. The van der Waals surface area contributed by atoms with Gasteiger partial charge in [0.15, 0.2) is 15.6 Å². The monoisotopic (exact) mass is 405 g/mol. The van der Waals surface area contributed by atoms with E-state index in [0.717, 1.165) is 0 Å². The van der Waals surface area contributed by atoms with Gasteiger partial charge in [0, 0.05) is 25.2 Å². The summed E-state index contributed by atoms with van der Waals surface area (Å²) < 4.78 is 26.7. The molecule has 2 N–H and O–H groups in total. The molecule has 3 rings (SSSR count). The molecule has 1 aliphatic rings. The SMILES string of the molecule is CCn1[nH]cc(C(=O)c2cc(C)c3c(c2C)C(NC(C)=O)CCS3(=O)=O)c1=O. The predicted octanol–water partition coefficient (Wildman–Crippen LogP) is 1.40. The molecular formula is C19H23N3O5S. The van der Waals surface area contributed by atoms with Crippen LogP contribution in [0.15, 0.2) is 22.0 Å². The van der Waals surface area contributed by atoms with Gasteiger partial charge in [0.25, 0.3) is 5.56 Å². The fourth-order valence-corrected chi connectivity index (χ4v) is 5.78. The Kier molecular flexibility index (Phi) is 5.05. The van der Waals surface area contributed by atoms with Crippen molar-refractivity contribution in [1.82, 2.24) is 15.1 Å². The van der Waals surface area contributed by atoms with Crippen LogP contribution in [0.25, 0.3) is 0 Å². The van der Waals surface area contributed by atoms with E-state index in [9.17, 15) is 22.8 Å². The molecule has 2 aromatic rings. The first-order chi connectivity index (χ1) is 13.1. The lowest BCUT2D eigenvalue weighted by Crippen LogP contribution is -2.34. The van der Waals surface area contributed by atoms with Crippen LogP contribution in [0, 0.1) is 13.8 Å². The molecular weight excluding hydrogens is 382 g/mol. The first kappa shape index (κ1) is 20.1. The highest BCUT2D eigenvalue weighted by molar-refractivity contribution is 7.91. The number of hydrogen-bond acceptors (Lipinski definition) is 5. The second-order valence-electron chi connectivity index (χ2n) is 7.04. The van der Waals surface area contributed by atoms with Crippen LogP contribution < -0.4 is 10.9 Å². The van der Waals surface area contributed by atoms with Crippen LogP contribution in [0.2, 0.25) is 0 Å².